The first-order valence-corrected chi connectivity index (χ1v) is 22.2. The van der Waals surface area contributed by atoms with Crippen LogP contribution in [0.15, 0.2) is 35.9 Å². The molecule has 2 saturated heterocycles. The summed E-state index contributed by atoms with van der Waals surface area (Å²) in [6.45, 7) is 12.2. The van der Waals surface area contributed by atoms with Gasteiger partial charge in [-0.05, 0) is 58.4 Å². The maximum atomic E-state index is 14.3. The molecule has 3 heterocycles. The predicted molar refractivity (Wildman–Crippen MR) is 238 cm³/mol. The number of thioether (sulfide) groups is 1. The second kappa shape index (κ2) is 21.2. The number of esters is 1. The number of fused-ring (bicyclic) bond motifs is 5. The van der Waals surface area contributed by atoms with Crippen LogP contribution in [0, 0.1) is 5.92 Å². The van der Waals surface area contributed by atoms with Crippen LogP contribution in [0.1, 0.15) is 72.8 Å². The Balaban J connectivity index is 1.61. The third-order valence-electron chi connectivity index (χ3n) is 12.2. The Morgan fingerprint density at radius 1 is 1.19 bits per heavy atom. The number of amides is 4. The van der Waals surface area contributed by atoms with E-state index in [9.17, 15) is 29.1 Å². The maximum Gasteiger partial charge on any atom is 0.409 e. The zero-order valence-electron chi connectivity index (χ0n) is 38.2. The molecule has 0 aliphatic carbocycles. The number of epoxide rings is 1. The van der Waals surface area contributed by atoms with Gasteiger partial charge in [0.05, 0.1) is 31.1 Å². The lowest BCUT2D eigenvalue weighted by atomic mass is 9.83. The quantitative estimate of drug-likeness (QED) is 0.175. The summed E-state index contributed by atoms with van der Waals surface area (Å²) >= 11 is 8.27. The summed E-state index contributed by atoms with van der Waals surface area (Å²) in [5.41, 5.74) is -1.01. The molecule has 346 valence electrons. The monoisotopic (exact) mass is 907 g/mol. The number of nitrogens with one attached hydrogen (secondary N) is 2. The van der Waals surface area contributed by atoms with E-state index in [1.54, 1.807) is 64.1 Å². The number of hydrogen-bond donors (Lipinski definition) is 3. The molecule has 8 atom stereocenters. The van der Waals surface area contributed by atoms with E-state index in [2.05, 4.69) is 10.6 Å². The van der Waals surface area contributed by atoms with Gasteiger partial charge in [0.25, 0.3) is 0 Å². The van der Waals surface area contributed by atoms with Crippen LogP contribution in [0.25, 0.3) is 0 Å². The first kappa shape index (κ1) is 50.8. The maximum absolute atomic E-state index is 14.3. The number of aliphatic hydroxyl groups is 1. The summed E-state index contributed by atoms with van der Waals surface area (Å²) < 4.78 is 29.0. The Kier molecular flexibility index (Phi) is 17.4. The van der Waals surface area contributed by atoms with E-state index in [-0.39, 0.29) is 41.9 Å². The van der Waals surface area contributed by atoms with E-state index in [0.717, 1.165) is 11.1 Å². The number of allylic oxidation sites excluding steroid dienone is 3. The summed E-state index contributed by atoms with van der Waals surface area (Å²) in [6.07, 6.45) is 1.31. The number of carbonyl (C=O) groups is 5. The van der Waals surface area contributed by atoms with E-state index in [4.69, 9.17) is 35.3 Å². The minimum atomic E-state index is -1.85. The van der Waals surface area contributed by atoms with Crippen LogP contribution in [-0.4, -0.2) is 152 Å². The van der Waals surface area contributed by atoms with Crippen LogP contribution in [0.5, 0.6) is 5.75 Å². The third kappa shape index (κ3) is 12.4. The van der Waals surface area contributed by atoms with Gasteiger partial charge in [-0.2, -0.15) is 0 Å². The summed E-state index contributed by atoms with van der Waals surface area (Å²) in [7, 11) is 9.59. The highest BCUT2D eigenvalue weighted by Gasteiger charge is 2.64. The molecular weight excluding hydrogens is 842 g/mol. The Labute approximate surface area is 375 Å². The van der Waals surface area contributed by atoms with Crippen LogP contribution in [0.3, 0.4) is 0 Å². The number of ether oxygens (including phenoxy) is 5. The number of likely N-dealkylation sites (N-methyl/N-ethyl adjacent to an activating group) is 3. The Morgan fingerprint density at radius 2 is 1.89 bits per heavy atom. The molecule has 0 aromatic heterocycles. The van der Waals surface area contributed by atoms with Crippen molar-refractivity contribution in [2.24, 2.45) is 5.92 Å². The molecule has 3 N–H and O–H groups in total. The number of carbonyl (C=O) groups excluding carboxylic acids is 5. The van der Waals surface area contributed by atoms with Gasteiger partial charge >= 0.3 is 12.1 Å². The van der Waals surface area contributed by atoms with Crippen LogP contribution in [-0.2, 0) is 44.5 Å². The highest BCUT2D eigenvalue weighted by atomic mass is 35.5. The molecule has 0 radical (unpaired) electrons. The molecule has 3 aliphatic rings. The van der Waals surface area contributed by atoms with Crippen molar-refractivity contribution in [1.82, 2.24) is 20.4 Å². The van der Waals surface area contributed by atoms with E-state index >= 15 is 0 Å². The van der Waals surface area contributed by atoms with E-state index in [0.29, 0.717) is 37.4 Å². The average Bonchev–Trinajstić information content (AvgIpc) is 3.92. The van der Waals surface area contributed by atoms with Crippen LogP contribution >= 0.6 is 23.4 Å². The zero-order valence-corrected chi connectivity index (χ0v) is 39.7. The molecule has 1 aromatic rings. The highest BCUT2D eigenvalue weighted by molar-refractivity contribution is 8.01. The molecule has 0 spiro atoms. The van der Waals surface area contributed by atoms with Crippen LogP contribution in [0.2, 0.25) is 5.02 Å². The summed E-state index contributed by atoms with van der Waals surface area (Å²) in [5, 5.41) is 17.6. The van der Waals surface area contributed by atoms with Crippen molar-refractivity contribution in [2.45, 2.75) is 120 Å². The molecule has 2 fully saturated rings. The molecule has 1 aromatic carbocycles. The average molecular weight is 909 g/mol. The fourth-order valence-electron chi connectivity index (χ4n) is 7.65. The molecule has 4 bridgehead atoms. The van der Waals surface area contributed by atoms with Crippen molar-refractivity contribution in [2.75, 3.05) is 66.2 Å². The smallest absolute Gasteiger partial charge is 0.409 e. The number of anilines is 1. The van der Waals surface area contributed by atoms with E-state index in [1.165, 1.54) is 42.8 Å². The molecule has 4 amide bonds. The van der Waals surface area contributed by atoms with Gasteiger partial charge in [0.2, 0.25) is 17.7 Å². The van der Waals surface area contributed by atoms with Crippen molar-refractivity contribution in [1.29, 1.82) is 0 Å². The number of alkyl carbamates (subject to hydrolysis) is 1. The molecule has 3 aliphatic heterocycles. The number of nitrogens with zero attached hydrogens (tertiary/aromatic N) is 3. The highest BCUT2D eigenvalue weighted by Crippen LogP contribution is 2.49. The SMILES string of the molecule is CNCCN(C)C(=O)CSC(C)(C)CCC(=O)N(C)[C@@H](C)C(=O)O[C@H]1CC(=O)N(C)c2cc(cc(OC)c2Cl)C/C(C)=C/C=C/[C@@H](OC)[C@@]2(O)C[C@H](OC(=O)N2)[C@@H](C)[C@@H]2O[C@]12C. The Bertz CT molecular complexity index is 1880. The van der Waals surface area contributed by atoms with Crippen molar-refractivity contribution < 1.29 is 52.8 Å². The molecule has 62 heavy (non-hydrogen) atoms. The van der Waals surface area contributed by atoms with Crippen LogP contribution in [0.4, 0.5) is 10.5 Å². The standard InChI is InChI=1S/C44H66ClN5O11S/c1-26-14-13-15-33(58-12)44(56)24-32(59-41(55)47-44)27(2)39-43(6,61-39)34(23-36(52)50(10)30-21-29(20-26)22-31(57-11)38(30)45)60-40(54)28(3)49(9)35(51)16-17-42(4,5)62-25-37(53)48(8)19-18-46-7/h13-15,21-22,27-28,32-34,39,46,56H,16-20,23-25H2,1-12H3,(H,47,55)/b15-13+,26-14+/t27-,28+,32+,33-,34+,39+,43-,44+/m1/s1. The first-order valence-electron chi connectivity index (χ1n) is 20.9. The van der Waals surface area contributed by atoms with Gasteiger partial charge in [-0.3, -0.25) is 19.7 Å². The van der Waals surface area contributed by atoms with E-state index in [1.807, 2.05) is 33.9 Å². The predicted octanol–water partition coefficient (Wildman–Crippen LogP) is 4.48. The van der Waals surface area contributed by atoms with Gasteiger partial charge in [0.1, 0.15) is 40.7 Å². The topological polar surface area (TPSA) is 189 Å². The lowest BCUT2D eigenvalue weighted by molar-refractivity contribution is -0.162. The Morgan fingerprint density at radius 3 is 2.53 bits per heavy atom. The normalized spacial score (nSPS) is 28.6. The lowest BCUT2D eigenvalue weighted by Crippen LogP contribution is -2.63. The van der Waals surface area contributed by atoms with Gasteiger partial charge in [0, 0.05) is 64.8 Å². The number of benzene rings is 1. The second-order valence-electron chi connectivity index (χ2n) is 17.4. The summed E-state index contributed by atoms with van der Waals surface area (Å²) in [4.78, 5) is 71.8. The number of halogens is 1. The van der Waals surface area contributed by atoms with Crippen LogP contribution < -0.4 is 20.3 Å². The zero-order chi connectivity index (χ0) is 46.3. The van der Waals surface area contributed by atoms with Gasteiger partial charge in [-0.15, -0.1) is 11.8 Å². The summed E-state index contributed by atoms with van der Waals surface area (Å²) in [6, 6.07) is 2.53. The van der Waals surface area contributed by atoms with Crippen molar-refractivity contribution in [3.8, 4) is 5.75 Å². The fraction of sp³-hybridized carbons (Fsp3) is 0.659. The number of hydrogen-bond acceptors (Lipinski definition) is 13. The molecule has 18 heteroatoms. The van der Waals surface area contributed by atoms with Crippen molar-refractivity contribution in [3.63, 3.8) is 0 Å². The summed E-state index contributed by atoms with van der Waals surface area (Å²) in [5.74, 6) is -1.43. The lowest BCUT2D eigenvalue weighted by Gasteiger charge is -2.42. The molecular formula is C44H66ClN5O11S. The van der Waals surface area contributed by atoms with Crippen molar-refractivity contribution in [3.05, 3.63) is 46.5 Å². The second-order valence-corrected chi connectivity index (χ2v) is 19.4. The minimum Gasteiger partial charge on any atom is -0.495 e. The van der Waals surface area contributed by atoms with E-state index < -0.39 is 70.4 Å². The number of methoxy groups -OCH3 is 2. The van der Waals surface area contributed by atoms with Gasteiger partial charge in [-0.1, -0.05) is 56.2 Å². The van der Waals surface area contributed by atoms with Gasteiger partial charge < -0.3 is 48.8 Å². The van der Waals surface area contributed by atoms with Crippen molar-refractivity contribution >= 4 is 58.8 Å². The van der Waals surface area contributed by atoms with Gasteiger partial charge in [0.15, 0.2) is 5.72 Å². The first-order chi connectivity index (χ1) is 29.0. The molecule has 0 unspecified atom stereocenters. The minimum absolute atomic E-state index is 0.00273. The molecule has 4 rings (SSSR count). The Hall–Kier alpha value is -3.87. The van der Waals surface area contributed by atoms with Gasteiger partial charge in [-0.25, -0.2) is 9.59 Å². The third-order valence-corrected chi connectivity index (χ3v) is 13.9. The number of rotatable bonds is 14. The molecule has 16 nitrogen and oxygen atoms in total. The fourth-order valence-corrected chi connectivity index (χ4v) is 8.94. The molecule has 0 saturated carbocycles. The largest absolute Gasteiger partial charge is 0.495 e.